The van der Waals surface area contributed by atoms with Gasteiger partial charge >= 0.3 is 0 Å². The van der Waals surface area contributed by atoms with Gasteiger partial charge in [-0.05, 0) is 42.7 Å². The van der Waals surface area contributed by atoms with E-state index in [9.17, 15) is 9.18 Å². The van der Waals surface area contributed by atoms with Gasteiger partial charge in [-0.15, -0.1) is 0 Å². The summed E-state index contributed by atoms with van der Waals surface area (Å²) in [6.07, 6.45) is 6.35. The highest BCUT2D eigenvalue weighted by atomic mass is 19.1. The van der Waals surface area contributed by atoms with Gasteiger partial charge in [-0.2, -0.15) is 15.2 Å². The minimum atomic E-state index is -0.922. The van der Waals surface area contributed by atoms with Gasteiger partial charge in [-0.3, -0.25) is 9.48 Å². The van der Waals surface area contributed by atoms with Gasteiger partial charge in [0, 0.05) is 29.2 Å². The predicted molar refractivity (Wildman–Crippen MR) is 128 cm³/mol. The summed E-state index contributed by atoms with van der Waals surface area (Å²) < 4.78 is 21.8. The van der Waals surface area contributed by atoms with Crippen molar-refractivity contribution < 1.29 is 18.8 Å². The number of fused-ring (bicyclic) bond motifs is 1. The van der Waals surface area contributed by atoms with E-state index >= 15 is 0 Å². The summed E-state index contributed by atoms with van der Waals surface area (Å²) in [6, 6.07) is 9.23. The van der Waals surface area contributed by atoms with Crippen molar-refractivity contribution in [1.82, 2.24) is 29.5 Å². The number of aliphatic hydroxyl groups is 1. The molecule has 10 nitrogen and oxygen atoms in total. The molecule has 0 saturated heterocycles. The average molecular weight is 487 g/mol. The van der Waals surface area contributed by atoms with Gasteiger partial charge in [0.2, 0.25) is 11.7 Å². The first-order chi connectivity index (χ1) is 17.5. The van der Waals surface area contributed by atoms with Crippen LogP contribution in [0.1, 0.15) is 34.2 Å². The molecule has 1 aliphatic rings. The van der Waals surface area contributed by atoms with Crippen molar-refractivity contribution in [1.29, 1.82) is 0 Å². The Labute approximate surface area is 204 Å². The standard InChI is InChI=1S/C25H22FN7O3/c1-14-2-3-16(23-30-25(36-31-23)18-10-20(18)26)8-21(14)29-24(35)19-12-28-33-5-4-15(9-22(19)33)17-11-27-32(13-17)6-7-34/h2-5,8-9,11-13,18,20,34H,6-7,10H2,1H3,(H,29,35)/t18-,20-/m0/s1. The van der Waals surface area contributed by atoms with E-state index in [1.165, 1.54) is 6.20 Å². The monoisotopic (exact) mass is 487 g/mol. The number of hydrogen-bond acceptors (Lipinski definition) is 7. The van der Waals surface area contributed by atoms with Gasteiger partial charge < -0.3 is 14.9 Å². The molecule has 1 amide bonds. The van der Waals surface area contributed by atoms with Gasteiger partial charge in [-0.1, -0.05) is 17.3 Å². The van der Waals surface area contributed by atoms with Crippen molar-refractivity contribution in [3.8, 4) is 22.5 Å². The second kappa shape index (κ2) is 8.68. The Morgan fingerprint density at radius 2 is 2.06 bits per heavy atom. The van der Waals surface area contributed by atoms with E-state index in [1.807, 2.05) is 37.4 Å². The molecular weight excluding hydrogens is 465 g/mol. The van der Waals surface area contributed by atoms with E-state index in [4.69, 9.17) is 9.63 Å². The Hall–Kier alpha value is -4.38. The number of aromatic nitrogens is 6. The number of halogens is 1. The van der Waals surface area contributed by atoms with E-state index in [1.54, 1.807) is 27.7 Å². The lowest BCUT2D eigenvalue weighted by atomic mass is 10.1. The molecule has 4 heterocycles. The molecule has 2 N–H and O–H groups in total. The van der Waals surface area contributed by atoms with Crippen molar-refractivity contribution in [2.24, 2.45) is 0 Å². The fraction of sp³-hybridized carbons (Fsp3) is 0.240. The van der Waals surface area contributed by atoms with Crippen molar-refractivity contribution in [3.63, 3.8) is 0 Å². The summed E-state index contributed by atoms with van der Waals surface area (Å²) in [4.78, 5) is 17.6. The molecule has 4 aromatic heterocycles. The zero-order valence-electron chi connectivity index (χ0n) is 19.3. The molecule has 1 aliphatic carbocycles. The lowest BCUT2D eigenvalue weighted by molar-refractivity contribution is 0.102. The number of aryl methyl sites for hydroxylation is 1. The topological polar surface area (TPSA) is 123 Å². The molecule has 182 valence electrons. The van der Waals surface area contributed by atoms with E-state index in [0.29, 0.717) is 47.0 Å². The van der Waals surface area contributed by atoms with Crippen LogP contribution >= 0.6 is 0 Å². The van der Waals surface area contributed by atoms with Crippen molar-refractivity contribution in [2.45, 2.75) is 32.0 Å². The molecule has 0 spiro atoms. The molecule has 0 bridgehead atoms. The SMILES string of the molecule is Cc1ccc(-c2noc([C@H]3C[C@@H]3F)n2)cc1NC(=O)c1cnn2ccc(-c3cnn(CCO)c3)cc12. The first kappa shape index (κ1) is 22.1. The zero-order valence-corrected chi connectivity index (χ0v) is 19.3. The lowest BCUT2D eigenvalue weighted by Crippen LogP contribution is -2.12. The number of nitrogens with one attached hydrogen (secondary N) is 1. The second-order valence-electron chi connectivity index (χ2n) is 8.82. The molecular formula is C25H22FN7O3. The summed E-state index contributed by atoms with van der Waals surface area (Å²) in [5, 5.41) is 24.6. The van der Waals surface area contributed by atoms with Crippen molar-refractivity contribution in [3.05, 3.63) is 72.1 Å². The molecule has 0 radical (unpaired) electrons. The van der Waals surface area contributed by atoms with Crippen molar-refractivity contribution in [2.75, 3.05) is 11.9 Å². The van der Waals surface area contributed by atoms with Crippen LogP contribution in [-0.4, -0.2) is 53.3 Å². The Balaban J connectivity index is 1.27. The molecule has 36 heavy (non-hydrogen) atoms. The van der Waals surface area contributed by atoms with Gasteiger partial charge in [0.15, 0.2) is 0 Å². The molecule has 1 aromatic carbocycles. The van der Waals surface area contributed by atoms with E-state index in [2.05, 4.69) is 25.7 Å². The maximum Gasteiger partial charge on any atom is 0.259 e. The van der Waals surface area contributed by atoms with Crippen LogP contribution in [0.5, 0.6) is 0 Å². The Morgan fingerprint density at radius 3 is 2.86 bits per heavy atom. The fourth-order valence-electron chi connectivity index (χ4n) is 4.08. The third-order valence-electron chi connectivity index (χ3n) is 6.28. The molecule has 11 heteroatoms. The number of carbonyl (C=O) groups excluding carboxylic acids is 1. The predicted octanol–water partition coefficient (Wildman–Crippen LogP) is 3.63. The molecule has 1 fully saturated rings. The summed E-state index contributed by atoms with van der Waals surface area (Å²) in [5.41, 5.74) is 4.90. The normalized spacial score (nSPS) is 17.0. The van der Waals surface area contributed by atoms with Gasteiger partial charge in [0.25, 0.3) is 5.91 Å². The van der Waals surface area contributed by atoms with E-state index in [-0.39, 0.29) is 18.4 Å². The smallest absolute Gasteiger partial charge is 0.259 e. The molecule has 6 rings (SSSR count). The highest BCUT2D eigenvalue weighted by molar-refractivity contribution is 6.09. The minimum Gasteiger partial charge on any atom is -0.394 e. The van der Waals surface area contributed by atoms with Gasteiger partial charge in [0.1, 0.15) is 6.17 Å². The number of nitrogens with zero attached hydrogens (tertiary/aromatic N) is 6. The number of benzene rings is 1. The first-order valence-electron chi connectivity index (χ1n) is 11.5. The van der Waals surface area contributed by atoms with Crippen LogP contribution in [0.25, 0.3) is 28.0 Å². The average Bonchev–Trinajstić information content (AvgIpc) is 3.29. The van der Waals surface area contributed by atoms with E-state index < -0.39 is 6.17 Å². The molecule has 1 saturated carbocycles. The Kier molecular flexibility index (Phi) is 5.33. The minimum absolute atomic E-state index is 0.000200. The number of pyridine rings is 1. The largest absolute Gasteiger partial charge is 0.394 e. The molecule has 2 atom stereocenters. The lowest BCUT2D eigenvalue weighted by Gasteiger charge is -2.09. The third-order valence-corrected chi connectivity index (χ3v) is 6.28. The summed E-state index contributed by atoms with van der Waals surface area (Å²) >= 11 is 0. The highest BCUT2D eigenvalue weighted by Crippen LogP contribution is 2.43. The van der Waals surface area contributed by atoms with Crippen LogP contribution in [0, 0.1) is 6.92 Å². The summed E-state index contributed by atoms with van der Waals surface area (Å²) in [6.45, 7) is 2.29. The Bertz CT molecular complexity index is 1590. The number of anilines is 1. The van der Waals surface area contributed by atoms with Gasteiger partial charge in [-0.25, -0.2) is 8.91 Å². The van der Waals surface area contributed by atoms with Gasteiger partial charge in [0.05, 0.1) is 42.5 Å². The van der Waals surface area contributed by atoms with Crippen LogP contribution < -0.4 is 5.32 Å². The maximum atomic E-state index is 13.3. The first-order valence-corrected chi connectivity index (χ1v) is 11.5. The van der Waals surface area contributed by atoms with Crippen LogP contribution in [0.3, 0.4) is 0 Å². The quantitative estimate of drug-likeness (QED) is 0.359. The fourth-order valence-corrected chi connectivity index (χ4v) is 4.08. The maximum absolute atomic E-state index is 13.3. The highest BCUT2D eigenvalue weighted by Gasteiger charge is 2.43. The third kappa shape index (κ3) is 4.03. The number of amides is 1. The summed E-state index contributed by atoms with van der Waals surface area (Å²) in [7, 11) is 0. The number of carbonyl (C=O) groups is 1. The number of aliphatic hydroxyl groups excluding tert-OH is 1. The Morgan fingerprint density at radius 1 is 1.19 bits per heavy atom. The van der Waals surface area contributed by atoms with Crippen LogP contribution in [-0.2, 0) is 6.54 Å². The number of alkyl halides is 1. The molecule has 0 aliphatic heterocycles. The van der Waals surface area contributed by atoms with Crippen LogP contribution in [0.4, 0.5) is 10.1 Å². The van der Waals surface area contributed by atoms with Crippen LogP contribution in [0.15, 0.2) is 59.6 Å². The van der Waals surface area contributed by atoms with Crippen LogP contribution in [0.2, 0.25) is 0 Å². The second-order valence-corrected chi connectivity index (χ2v) is 8.82. The molecule has 5 aromatic rings. The summed E-state index contributed by atoms with van der Waals surface area (Å²) in [5.74, 6) is 0.0144. The number of hydrogen-bond donors (Lipinski definition) is 2. The van der Waals surface area contributed by atoms with E-state index in [0.717, 1.165) is 16.7 Å². The van der Waals surface area contributed by atoms with Crippen molar-refractivity contribution >= 4 is 17.1 Å². The zero-order chi connectivity index (χ0) is 24.8. The molecule has 0 unspecified atom stereocenters. The number of rotatable bonds is 7.